The van der Waals surface area contributed by atoms with Gasteiger partial charge in [-0.3, -0.25) is 9.59 Å². The summed E-state index contributed by atoms with van der Waals surface area (Å²) >= 11 is 0. The van der Waals surface area contributed by atoms with Gasteiger partial charge < -0.3 is 16.2 Å². The molecule has 0 spiro atoms. The third kappa shape index (κ3) is 3.31. The number of halogens is 1. The van der Waals surface area contributed by atoms with Crippen LogP contribution >= 0.6 is 0 Å². The van der Waals surface area contributed by atoms with E-state index in [0.29, 0.717) is 6.61 Å². The first kappa shape index (κ1) is 16.5. The third-order valence-electron chi connectivity index (χ3n) is 3.28. The minimum atomic E-state index is -0.784. The fraction of sp³-hybridized carbons (Fsp3) is 0.176. The maximum absolute atomic E-state index is 14.5. The van der Waals surface area contributed by atoms with Crippen molar-refractivity contribution in [1.82, 2.24) is 0 Å². The Bertz CT molecular complexity index is 727. The van der Waals surface area contributed by atoms with Gasteiger partial charge in [0.1, 0.15) is 11.6 Å². The first-order chi connectivity index (χ1) is 11.0. The molecule has 5 nitrogen and oxygen atoms in total. The zero-order valence-corrected chi connectivity index (χ0v) is 12.6. The highest BCUT2D eigenvalue weighted by Crippen LogP contribution is 2.37. The Labute approximate surface area is 133 Å². The number of carbonyl (C=O) groups excluding carboxylic acids is 2. The van der Waals surface area contributed by atoms with Gasteiger partial charge in [0.2, 0.25) is 11.8 Å². The Morgan fingerprint density at radius 3 is 2.09 bits per heavy atom. The van der Waals surface area contributed by atoms with E-state index in [1.54, 1.807) is 6.07 Å². The number of nitrogens with two attached hydrogens (primary N) is 2. The molecule has 120 valence electrons. The first-order valence-corrected chi connectivity index (χ1v) is 7.11. The van der Waals surface area contributed by atoms with Crippen LogP contribution in [0, 0.1) is 5.82 Å². The SMILES string of the molecule is CCCOc1cccc(F)c1-c1c(C(N)=O)cccc1C(N)=O. The molecule has 2 aromatic carbocycles. The number of amides is 2. The summed E-state index contributed by atoms with van der Waals surface area (Å²) in [5.74, 6) is -1.97. The van der Waals surface area contributed by atoms with E-state index in [1.165, 1.54) is 30.3 Å². The van der Waals surface area contributed by atoms with Crippen molar-refractivity contribution in [2.45, 2.75) is 13.3 Å². The summed E-state index contributed by atoms with van der Waals surface area (Å²) in [4.78, 5) is 23.4. The molecule has 2 aromatic rings. The van der Waals surface area contributed by atoms with E-state index < -0.39 is 17.6 Å². The number of benzene rings is 2. The van der Waals surface area contributed by atoms with E-state index in [-0.39, 0.29) is 28.0 Å². The van der Waals surface area contributed by atoms with E-state index in [0.717, 1.165) is 6.42 Å². The van der Waals surface area contributed by atoms with E-state index in [4.69, 9.17) is 16.2 Å². The summed E-state index contributed by atoms with van der Waals surface area (Å²) in [5.41, 5.74) is 10.8. The molecule has 0 aromatic heterocycles. The smallest absolute Gasteiger partial charge is 0.249 e. The molecule has 0 bridgehead atoms. The molecule has 0 atom stereocenters. The number of rotatable bonds is 6. The minimum Gasteiger partial charge on any atom is -0.493 e. The highest BCUT2D eigenvalue weighted by Gasteiger charge is 2.23. The van der Waals surface area contributed by atoms with Gasteiger partial charge in [-0.1, -0.05) is 19.1 Å². The Balaban J connectivity index is 2.80. The van der Waals surface area contributed by atoms with Crippen molar-refractivity contribution >= 4 is 11.8 Å². The van der Waals surface area contributed by atoms with Crippen LogP contribution in [0.25, 0.3) is 11.1 Å². The van der Waals surface area contributed by atoms with Gasteiger partial charge in [-0.25, -0.2) is 4.39 Å². The molecule has 0 heterocycles. The first-order valence-electron chi connectivity index (χ1n) is 7.11. The molecule has 0 aliphatic carbocycles. The summed E-state index contributed by atoms with van der Waals surface area (Å²) in [7, 11) is 0. The quantitative estimate of drug-likeness (QED) is 0.857. The lowest BCUT2D eigenvalue weighted by Crippen LogP contribution is -2.18. The van der Waals surface area contributed by atoms with Crippen LogP contribution in [0.4, 0.5) is 4.39 Å². The van der Waals surface area contributed by atoms with Crippen LogP contribution in [0.15, 0.2) is 36.4 Å². The number of hydrogen-bond acceptors (Lipinski definition) is 3. The average molecular weight is 316 g/mol. The molecule has 0 radical (unpaired) electrons. The zero-order chi connectivity index (χ0) is 17.0. The Kier molecular flexibility index (Phi) is 4.95. The molecule has 23 heavy (non-hydrogen) atoms. The van der Waals surface area contributed by atoms with E-state index in [1.807, 2.05) is 6.92 Å². The maximum Gasteiger partial charge on any atom is 0.249 e. The van der Waals surface area contributed by atoms with Gasteiger partial charge in [0.05, 0.1) is 12.2 Å². The molecule has 0 unspecified atom stereocenters. The number of primary amides is 2. The van der Waals surface area contributed by atoms with Crippen molar-refractivity contribution < 1.29 is 18.7 Å². The lowest BCUT2D eigenvalue weighted by molar-refractivity contribution is 0.0999. The molecule has 0 aliphatic rings. The van der Waals surface area contributed by atoms with Crippen molar-refractivity contribution in [2.24, 2.45) is 11.5 Å². The summed E-state index contributed by atoms with van der Waals surface area (Å²) in [5, 5.41) is 0. The topological polar surface area (TPSA) is 95.4 Å². The van der Waals surface area contributed by atoms with Crippen LogP contribution in [0.5, 0.6) is 5.75 Å². The summed E-state index contributed by atoms with van der Waals surface area (Å²) in [6, 6.07) is 8.57. The monoisotopic (exact) mass is 316 g/mol. The largest absolute Gasteiger partial charge is 0.493 e. The fourth-order valence-electron chi connectivity index (χ4n) is 2.31. The molecule has 0 saturated heterocycles. The second kappa shape index (κ2) is 6.91. The Morgan fingerprint density at radius 1 is 1.00 bits per heavy atom. The normalized spacial score (nSPS) is 10.3. The minimum absolute atomic E-state index is 0.00384. The third-order valence-corrected chi connectivity index (χ3v) is 3.28. The standard InChI is InChI=1S/C17H17FN2O3/c1-2-9-23-13-8-4-7-12(18)15(13)14-10(16(19)21)5-3-6-11(14)17(20)22/h3-8H,2,9H2,1H3,(H2,19,21)(H2,20,22). The Morgan fingerprint density at radius 2 is 1.57 bits per heavy atom. The van der Waals surface area contributed by atoms with Crippen molar-refractivity contribution in [3.8, 4) is 16.9 Å². The maximum atomic E-state index is 14.5. The summed E-state index contributed by atoms with van der Waals surface area (Å²) in [6.45, 7) is 2.27. The number of ether oxygens (including phenoxy) is 1. The van der Waals surface area contributed by atoms with Gasteiger partial charge in [0, 0.05) is 16.7 Å². The molecule has 2 rings (SSSR count). The predicted octanol–water partition coefficient (Wildman–Crippen LogP) is 2.48. The molecule has 4 N–H and O–H groups in total. The van der Waals surface area contributed by atoms with Crippen LogP contribution in [0.1, 0.15) is 34.1 Å². The van der Waals surface area contributed by atoms with Gasteiger partial charge >= 0.3 is 0 Å². The number of hydrogen-bond donors (Lipinski definition) is 2. The van der Waals surface area contributed by atoms with Crippen LogP contribution in [-0.2, 0) is 0 Å². The molecular weight excluding hydrogens is 299 g/mol. The molecule has 0 aliphatic heterocycles. The van der Waals surface area contributed by atoms with E-state index in [9.17, 15) is 14.0 Å². The van der Waals surface area contributed by atoms with Crippen molar-refractivity contribution in [1.29, 1.82) is 0 Å². The average Bonchev–Trinajstić information content (AvgIpc) is 2.52. The van der Waals surface area contributed by atoms with E-state index >= 15 is 0 Å². The van der Waals surface area contributed by atoms with Crippen molar-refractivity contribution in [3.05, 3.63) is 53.3 Å². The highest BCUT2D eigenvalue weighted by atomic mass is 19.1. The van der Waals surface area contributed by atoms with Crippen LogP contribution < -0.4 is 16.2 Å². The highest BCUT2D eigenvalue weighted by molar-refractivity contribution is 6.09. The molecule has 2 amide bonds. The predicted molar refractivity (Wildman–Crippen MR) is 84.7 cm³/mol. The van der Waals surface area contributed by atoms with Gasteiger partial charge in [-0.05, 0) is 30.7 Å². The van der Waals surface area contributed by atoms with Crippen molar-refractivity contribution in [3.63, 3.8) is 0 Å². The van der Waals surface area contributed by atoms with Gasteiger partial charge in [0.25, 0.3) is 0 Å². The lowest BCUT2D eigenvalue weighted by atomic mass is 9.92. The van der Waals surface area contributed by atoms with Gasteiger partial charge in [-0.2, -0.15) is 0 Å². The van der Waals surface area contributed by atoms with Gasteiger partial charge in [0.15, 0.2) is 0 Å². The van der Waals surface area contributed by atoms with E-state index in [2.05, 4.69) is 0 Å². The zero-order valence-electron chi connectivity index (χ0n) is 12.6. The number of carbonyl (C=O) groups is 2. The summed E-state index contributed by atoms with van der Waals surface area (Å²) in [6.07, 6.45) is 0.718. The molecule has 0 fully saturated rings. The Hall–Kier alpha value is -2.89. The second-order valence-corrected chi connectivity index (χ2v) is 4.92. The van der Waals surface area contributed by atoms with Gasteiger partial charge in [-0.15, -0.1) is 0 Å². The van der Waals surface area contributed by atoms with Crippen LogP contribution in [0.2, 0.25) is 0 Å². The lowest BCUT2D eigenvalue weighted by Gasteiger charge is -2.16. The summed E-state index contributed by atoms with van der Waals surface area (Å²) < 4.78 is 20.0. The van der Waals surface area contributed by atoms with Crippen LogP contribution in [-0.4, -0.2) is 18.4 Å². The van der Waals surface area contributed by atoms with Crippen LogP contribution in [0.3, 0.4) is 0 Å². The molecule has 6 heteroatoms. The van der Waals surface area contributed by atoms with Crippen molar-refractivity contribution in [2.75, 3.05) is 6.61 Å². The second-order valence-electron chi connectivity index (χ2n) is 4.92. The molecule has 0 saturated carbocycles. The molecular formula is C17H17FN2O3. The fourth-order valence-corrected chi connectivity index (χ4v) is 2.31.